The van der Waals surface area contributed by atoms with E-state index < -0.39 is 0 Å². The Hall–Kier alpha value is -0.810. The molecule has 17 heavy (non-hydrogen) atoms. The number of hydrogen-bond donors (Lipinski definition) is 0. The van der Waals surface area contributed by atoms with Gasteiger partial charge < -0.3 is 4.74 Å². The van der Waals surface area contributed by atoms with E-state index >= 15 is 0 Å². The molecule has 0 radical (unpaired) electrons. The molecule has 3 nitrogen and oxygen atoms in total. The molecule has 0 saturated heterocycles. The zero-order chi connectivity index (χ0) is 12.4. The highest BCUT2D eigenvalue weighted by molar-refractivity contribution is 9.10. The molecule has 1 aromatic carbocycles. The second-order valence-corrected chi connectivity index (χ2v) is 5.42. The highest BCUT2D eigenvalue weighted by Crippen LogP contribution is 2.22. The molecular weight excluding hydrogens is 348 g/mol. The summed E-state index contributed by atoms with van der Waals surface area (Å²) in [5.41, 5.74) is 2.01. The van der Waals surface area contributed by atoms with Crippen LogP contribution in [0.1, 0.15) is 11.4 Å². The minimum absolute atomic E-state index is 0.500. The lowest BCUT2D eigenvalue weighted by Gasteiger charge is -2.07. The molecule has 0 atom stereocenters. The van der Waals surface area contributed by atoms with Crippen molar-refractivity contribution in [3.63, 3.8) is 0 Å². The second-order valence-electron chi connectivity index (χ2n) is 3.71. The Morgan fingerprint density at radius 2 is 1.88 bits per heavy atom. The Balaban J connectivity index is 2.09. The van der Waals surface area contributed by atoms with Gasteiger partial charge in [0.2, 0.25) is 0 Å². The molecule has 0 unspecified atom stereocenters. The van der Waals surface area contributed by atoms with Gasteiger partial charge in [0, 0.05) is 11.5 Å². The topological polar surface area (TPSA) is 27.1 Å². The average Bonchev–Trinajstić information content (AvgIpc) is 2.54. The Kier molecular flexibility index (Phi) is 3.89. The third kappa shape index (κ3) is 2.90. The third-order valence-electron chi connectivity index (χ3n) is 2.45. The van der Waals surface area contributed by atoms with E-state index in [0.29, 0.717) is 6.61 Å². The van der Waals surface area contributed by atoms with Crippen LogP contribution in [0.15, 0.2) is 33.2 Å². The van der Waals surface area contributed by atoms with Crippen molar-refractivity contribution in [2.24, 2.45) is 7.05 Å². The van der Waals surface area contributed by atoms with Crippen LogP contribution in [-0.4, -0.2) is 9.78 Å². The third-order valence-corrected chi connectivity index (χ3v) is 4.01. The van der Waals surface area contributed by atoms with E-state index in [-0.39, 0.29) is 0 Å². The zero-order valence-electron chi connectivity index (χ0n) is 9.58. The van der Waals surface area contributed by atoms with Crippen LogP contribution in [0.4, 0.5) is 0 Å². The Labute approximate surface area is 117 Å². The van der Waals surface area contributed by atoms with Gasteiger partial charge in [0.15, 0.2) is 0 Å². The Bertz CT molecular complexity index is 520. The van der Waals surface area contributed by atoms with Crippen molar-refractivity contribution in [3.05, 3.63) is 44.6 Å². The van der Waals surface area contributed by atoms with E-state index in [0.717, 1.165) is 26.1 Å². The predicted molar refractivity (Wildman–Crippen MR) is 74.1 cm³/mol. The smallest absolute Gasteiger partial charge is 0.131 e. The summed E-state index contributed by atoms with van der Waals surface area (Å²) in [6, 6.07) is 7.78. The lowest BCUT2D eigenvalue weighted by Crippen LogP contribution is -2.03. The highest BCUT2D eigenvalue weighted by Gasteiger charge is 2.10. The number of aromatic nitrogens is 2. The van der Waals surface area contributed by atoms with Gasteiger partial charge in [-0.25, -0.2) is 0 Å². The summed E-state index contributed by atoms with van der Waals surface area (Å²) in [5, 5.41) is 4.32. The van der Waals surface area contributed by atoms with E-state index in [1.165, 1.54) is 0 Å². The van der Waals surface area contributed by atoms with Gasteiger partial charge in [-0.2, -0.15) is 5.10 Å². The maximum atomic E-state index is 5.71. The van der Waals surface area contributed by atoms with E-state index in [2.05, 4.69) is 37.0 Å². The largest absolute Gasteiger partial charge is 0.487 e. The summed E-state index contributed by atoms with van der Waals surface area (Å²) in [6.45, 7) is 2.47. The molecule has 90 valence electrons. The first-order valence-corrected chi connectivity index (χ1v) is 6.73. The normalized spacial score (nSPS) is 10.6. The molecule has 0 amide bonds. The van der Waals surface area contributed by atoms with Crippen molar-refractivity contribution in [2.45, 2.75) is 13.5 Å². The van der Waals surface area contributed by atoms with Gasteiger partial charge in [0.05, 0.1) is 15.9 Å². The SMILES string of the molecule is Cc1nn(C)c(COc2ccc(Br)cc2)c1Br. The first-order valence-electron chi connectivity index (χ1n) is 5.14. The molecule has 1 heterocycles. The van der Waals surface area contributed by atoms with E-state index in [1.54, 1.807) is 0 Å². The number of rotatable bonds is 3. The monoisotopic (exact) mass is 358 g/mol. The fraction of sp³-hybridized carbons (Fsp3) is 0.250. The summed E-state index contributed by atoms with van der Waals surface area (Å²) in [6.07, 6.45) is 0. The fourth-order valence-corrected chi connectivity index (χ4v) is 2.23. The second kappa shape index (κ2) is 5.23. The number of benzene rings is 1. The van der Waals surface area contributed by atoms with Crippen molar-refractivity contribution in [3.8, 4) is 5.75 Å². The van der Waals surface area contributed by atoms with Gasteiger partial charge in [-0.15, -0.1) is 0 Å². The molecule has 0 N–H and O–H groups in total. The lowest BCUT2D eigenvalue weighted by molar-refractivity contribution is 0.294. The van der Waals surface area contributed by atoms with Crippen molar-refractivity contribution >= 4 is 31.9 Å². The summed E-state index contributed by atoms with van der Waals surface area (Å²) in [5.74, 6) is 0.846. The molecule has 1 aromatic heterocycles. The van der Waals surface area contributed by atoms with Gasteiger partial charge in [-0.1, -0.05) is 15.9 Å². The quantitative estimate of drug-likeness (QED) is 0.832. The summed E-state index contributed by atoms with van der Waals surface area (Å²) >= 11 is 6.91. The van der Waals surface area contributed by atoms with Crippen LogP contribution in [0.5, 0.6) is 5.75 Å². The number of halogens is 2. The first kappa shape index (κ1) is 12.6. The summed E-state index contributed by atoms with van der Waals surface area (Å²) in [4.78, 5) is 0. The van der Waals surface area contributed by atoms with Crippen molar-refractivity contribution < 1.29 is 4.74 Å². The van der Waals surface area contributed by atoms with Gasteiger partial charge in [0.1, 0.15) is 12.4 Å². The van der Waals surface area contributed by atoms with Crippen LogP contribution in [0.3, 0.4) is 0 Å². The Morgan fingerprint density at radius 3 is 2.41 bits per heavy atom. The summed E-state index contributed by atoms with van der Waals surface area (Å²) in [7, 11) is 1.91. The Morgan fingerprint density at radius 1 is 1.24 bits per heavy atom. The van der Waals surface area contributed by atoms with E-state index in [4.69, 9.17) is 4.74 Å². The molecule has 0 aliphatic rings. The molecule has 2 rings (SSSR count). The molecule has 0 saturated carbocycles. The first-order chi connectivity index (χ1) is 8.08. The number of ether oxygens (including phenoxy) is 1. The highest BCUT2D eigenvalue weighted by atomic mass is 79.9. The van der Waals surface area contributed by atoms with Gasteiger partial charge >= 0.3 is 0 Å². The standard InChI is InChI=1S/C12H12Br2N2O/c1-8-12(14)11(16(2)15-8)7-17-10-5-3-9(13)4-6-10/h3-6H,7H2,1-2H3. The fourth-order valence-electron chi connectivity index (χ4n) is 1.52. The zero-order valence-corrected chi connectivity index (χ0v) is 12.7. The minimum atomic E-state index is 0.500. The maximum absolute atomic E-state index is 5.71. The molecule has 2 aromatic rings. The van der Waals surface area contributed by atoms with Crippen LogP contribution >= 0.6 is 31.9 Å². The van der Waals surface area contributed by atoms with Crippen LogP contribution < -0.4 is 4.74 Å². The van der Waals surface area contributed by atoms with Crippen molar-refractivity contribution in [1.29, 1.82) is 0 Å². The molecule has 0 aliphatic heterocycles. The molecular formula is C12H12Br2N2O. The molecule has 5 heteroatoms. The molecule has 0 bridgehead atoms. The van der Waals surface area contributed by atoms with Crippen molar-refractivity contribution in [2.75, 3.05) is 0 Å². The number of aryl methyl sites for hydroxylation is 2. The van der Waals surface area contributed by atoms with Gasteiger partial charge in [-0.05, 0) is 47.1 Å². The average molecular weight is 360 g/mol. The lowest BCUT2D eigenvalue weighted by atomic mass is 10.3. The van der Waals surface area contributed by atoms with E-state index in [1.807, 2.05) is 42.9 Å². The van der Waals surface area contributed by atoms with Gasteiger partial charge in [-0.3, -0.25) is 4.68 Å². The minimum Gasteiger partial charge on any atom is -0.487 e. The summed E-state index contributed by atoms with van der Waals surface area (Å²) < 4.78 is 9.60. The van der Waals surface area contributed by atoms with Gasteiger partial charge in [0.25, 0.3) is 0 Å². The molecule has 0 aliphatic carbocycles. The van der Waals surface area contributed by atoms with Crippen LogP contribution in [0.25, 0.3) is 0 Å². The van der Waals surface area contributed by atoms with Crippen LogP contribution in [-0.2, 0) is 13.7 Å². The number of nitrogens with zero attached hydrogens (tertiary/aromatic N) is 2. The predicted octanol–water partition coefficient (Wildman–Crippen LogP) is 3.83. The van der Waals surface area contributed by atoms with Crippen molar-refractivity contribution in [1.82, 2.24) is 9.78 Å². The maximum Gasteiger partial charge on any atom is 0.131 e. The van der Waals surface area contributed by atoms with Crippen LogP contribution in [0.2, 0.25) is 0 Å². The van der Waals surface area contributed by atoms with E-state index in [9.17, 15) is 0 Å². The number of hydrogen-bond acceptors (Lipinski definition) is 2. The van der Waals surface area contributed by atoms with Crippen LogP contribution in [0, 0.1) is 6.92 Å². The molecule has 0 fully saturated rings. The molecule has 0 spiro atoms.